The Morgan fingerprint density at radius 1 is 1.40 bits per heavy atom. The molecule has 0 aromatic heterocycles. The third kappa shape index (κ3) is 4.61. The van der Waals surface area contributed by atoms with Gasteiger partial charge in [-0.3, -0.25) is 5.32 Å². The Bertz CT molecular complexity index is 502. The Morgan fingerprint density at radius 3 is 2.50 bits per heavy atom. The summed E-state index contributed by atoms with van der Waals surface area (Å²) in [5.41, 5.74) is 3.79. The van der Waals surface area contributed by atoms with Gasteiger partial charge >= 0.3 is 6.09 Å². The molecule has 0 heterocycles. The highest BCUT2D eigenvalue weighted by Crippen LogP contribution is 2.34. The normalized spacial score (nSPS) is 12.2. The predicted molar refractivity (Wildman–Crippen MR) is 74.3 cm³/mol. The van der Waals surface area contributed by atoms with Gasteiger partial charge in [-0.15, -0.1) is 0 Å². The number of halogens is 3. The SMILES string of the molecule is CC(C)(C)OC(=O)Nc1ccc(Cl)cc1C(F)(F)CN. The Hall–Kier alpha value is -1.40. The van der Waals surface area contributed by atoms with Crippen LogP contribution in [0.5, 0.6) is 0 Å². The lowest BCUT2D eigenvalue weighted by atomic mass is 10.1. The number of anilines is 1. The van der Waals surface area contributed by atoms with Crippen LogP contribution in [0.4, 0.5) is 19.3 Å². The molecule has 0 atom stereocenters. The van der Waals surface area contributed by atoms with E-state index < -0.39 is 29.7 Å². The van der Waals surface area contributed by atoms with Crippen LogP contribution >= 0.6 is 11.6 Å². The molecule has 0 spiro atoms. The van der Waals surface area contributed by atoms with Gasteiger partial charge in [0.1, 0.15) is 5.60 Å². The molecule has 0 aliphatic heterocycles. The lowest BCUT2D eigenvalue weighted by Crippen LogP contribution is -2.30. The lowest BCUT2D eigenvalue weighted by molar-refractivity contribution is 0.00666. The summed E-state index contributed by atoms with van der Waals surface area (Å²) in [5, 5.41) is 2.41. The fourth-order valence-electron chi connectivity index (χ4n) is 1.45. The summed E-state index contributed by atoms with van der Waals surface area (Å²) >= 11 is 5.70. The first-order valence-electron chi connectivity index (χ1n) is 5.93. The van der Waals surface area contributed by atoms with Crippen molar-refractivity contribution in [1.29, 1.82) is 0 Å². The van der Waals surface area contributed by atoms with Gasteiger partial charge in [0.15, 0.2) is 0 Å². The Kier molecular flexibility index (Phi) is 4.94. The summed E-state index contributed by atoms with van der Waals surface area (Å²) < 4.78 is 32.5. The number of hydrogen-bond donors (Lipinski definition) is 2. The number of amides is 1. The van der Waals surface area contributed by atoms with Crippen LogP contribution in [-0.4, -0.2) is 18.2 Å². The second kappa shape index (κ2) is 5.93. The molecule has 0 aliphatic carbocycles. The third-order valence-corrected chi connectivity index (χ3v) is 2.50. The van der Waals surface area contributed by atoms with Crippen molar-refractivity contribution in [2.75, 3.05) is 11.9 Å². The monoisotopic (exact) mass is 306 g/mol. The molecule has 0 saturated heterocycles. The van der Waals surface area contributed by atoms with Gasteiger partial charge < -0.3 is 10.5 Å². The number of carbonyl (C=O) groups excluding carboxylic acids is 1. The second-order valence-electron chi connectivity index (χ2n) is 5.23. The van der Waals surface area contributed by atoms with Crippen LogP contribution in [0.3, 0.4) is 0 Å². The van der Waals surface area contributed by atoms with Crippen molar-refractivity contribution in [3.63, 3.8) is 0 Å². The summed E-state index contributed by atoms with van der Waals surface area (Å²) in [5.74, 6) is -3.30. The van der Waals surface area contributed by atoms with E-state index in [1.807, 2.05) is 0 Å². The maximum atomic E-state index is 13.7. The molecule has 1 rings (SSSR count). The number of hydrogen-bond acceptors (Lipinski definition) is 3. The fourth-order valence-corrected chi connectivity index (χ4v) is 1.62. The molecule has 0 bridgehead atoms. The Morgan fingerprint density at radius 2 is 2.00 bits per heavy atom. The van der Waals surface area contributed by atoms with E-state index in [1.54, 1.807) is 20.8 Å². The van der Waals surface area contributed by atoms with E-state index in [0.29, 0.717) is 0 Å². The van der Waals surface area contributed by atoms with E-state index >= 15 is 0 Å². The van der Waals surface area contributed by atoms with Crippen LogP contribution < -0.4 is 11.1 Å². The van der Waals surface area contributed by atoms with Crippen molar-refractivity contribution in [3.8, 4) is 0 Å². The van der Waals surface area contributed by atoms with Gasteiger partial charge in [-0.1, -0.05) is 11.6 Å². The van der Waals surface area contributed by atoms with Gasteiger partial charge in [0.05, 0.1) is 12.2 Å². The molecule has 1 amide bonds. The molecule has 0 saturated carbocycles. The van der Waals surface area contributed by atoms with Crippen molar-refractivity contribution in [2.45, 2.75) is 32.3 Å². The van der Waals surface area contributed by atoms with E-state index in [2.05, 4.69) is 5.32 Å². The van der Waals surface area contributed by atoms with Crippen LogP contribution in [0, 0.1) is 0 Å². The molecule has 7 heteroatoms. The molecule has 1 aromatic rings. The number of ether oxygens (including phenoxy) is 1. The number of nitrogens with one attached hydrogen (secondary N) is 1. The molecular formula is C13H17ClF2N2O2. The van der Waals surface area contributed by atoms with Gasteiger partial charge in [0.25, 0.3) is 5.92 Å². The minimum Gasteiger partial charge on any atom is -0.444 e. The Balaban J connectivity index is 3.04. The highest BCUT2D eigenvalue weighted by Gasteiger charge is 2.33. The fraction of sp³-hybridized carbons (Fsp3) is 0.462. The number of alkyl halides is 2. The highest BCUT2D eigenvalue weighted by molar-refractivity contribution is 6.30. The molecule has 1 aromatic carbocycles. The molecule has 4 nitrogen and oxygen atoms in total. The molecule has 0 radical (unpaired) electrons. The molecule has 112 valence electrons. The molecule has 0 fully saturated rings. The quantitative estimate of drug-likeness (QED) is 0.894. The predicted octanol–water partition coefficient (Wildman–Crippen LogP) is 3.74. The minimum absolute atomic E-state index is 0.0842. The zero-order chi connectivity index (χ0) is 15.6. The van der Waals surface area contributed by atoms with Gasteiger partial charge in [-0.25, -0.2) is 4.79 Å². The highest BCUT2D eigenvalue weighted by atomic mass is 35.5. The summed E-state index contributed by atoms with van der Waals surface area (Å²) in [6, 6.07) is 3.75. The zero-order valence-corrected chi connectivity index (χ0v) is 12.2. The van der Waals surface area contributed by atoms with Crippen LogP contribution in [0.25, 0.3) is 0 Å². The van der Waals surface area contributed by atoms with Crippen molar-refractivity contribution in [1.82, 2.24) is 0 Å². The van der Waals surface area contributed by atoms with Crippen molar-refractivity contribution in [2.24, 2.45) is 5.73 Å². The van der Waals surface area contributed by atoms with Crippen LogP contribution in [0.15, 0.2) is 18.2 Å². The van der Waals surface area contributed by atoms with Crippen LogP contribution in [-0.2, 0) is 10.7 Å². The van der Waals surface area contributed by atoms with E-state index in [9.17, 15) is 13.6 Å². The molecule has 0 aliphatic rings. The second-order valence-corrected chi connectivity index (χ2v) is 5.66. The van der Waals surface area contributed by atoms with Crippen LogP contribution in [0.2, 0.25) is 5.02 Å². The summed E-state index contributed by atoms with van der Waals surface area (Å²) in [7, 11) is 0. The van der Waals surface area contributed by atoms with Crippen molar-refractivity contribution in [3.05, 3.63) is 28.8 Å². The lowest BCUT2D eigenvalue weighted by Gasteiger charge is -2.22. The van der Waals surface area contributed by atoms with Gasteiger partial charge in [-0.2, -0.15) is 8.78 Å². The summed E-state index contributed by atoms with van der Waals surface area (Å²) in [6.07, 6.45) is -0.825. The molecule has 20 heavy (non-hydrogen) atoms. The maximum absolute atomic E-state index is 13.7. The number of carbonyl (C=O) groups is 1. The first kappa shape index (κ1) is 16.7. The minimum atomic E-state index is -3.30. The first-order chi connectivity index (χ1) is 9.05. The van der Waals surface area contributed by atoms with E-state index in [4.69, 9.17) is 22.1 Å². The van der Waals surface area contributed by atoms with E-state index in [-0.39, 0.29) is 10.7 Å². The van der Waals surface area contributed by atoms with Crippen LogP contribution in [0.1, 0.15) is 26.3 Å². The summed E-state index contributed by atoms with van der Waals surface area (Å²) in [4.78, 5) is 11.6. The number of benzene rings is 1. The summed E-state index contributed by atoms with van der Waals surface area (Å²) in [6.45, 7) is 4.12. The van der Waals surface area contributed by atoms with Gasteiger partial charge in [0, 0.05) is 10.6 Å². The molecule has 0 unspecified atom stereocenters. The topological polar surface area (TPSA) is 64.3 Å². The van der Waals surface area contributed by atoms with E-state index in [1.165, 1.54) is 12.1 Å². The standard InChI is InChI=1S/C13H17ClF2N2O2/c1-12(2,3)20-11(19)18-10-5-4-8(14)6-9(10)13(15,16)7-17/h4-6H,7,17H2,1-3H3,(H,18,19). The number of rotatable bonds is 3. The van der Waals surface area contributed by atoms with Crippen molar-refractivity contribution >= 4 is 23.4 Å². The first-order valence-corrected chi connectivity index (χ1v) is 6.31. The Labute approximate surface area is 121 Å². The number of nitrogens with two attached hydrogens (primary N) is 1. The van der Waals surface area contributed by atoms with Gasteiger partial charge in [0.2, 0.25) is 0 Å². The average molecular weight is 307 g/mol. The van der Waals surface area contributed by atoms with Crippen molar-refractivity contribution < 1.29 is 18.3 Å². The van der Waals surface area contributed by atoms with E-state index in [0.717, 1.165) is 6.07 Å². The average Bonchev–Trinajstić information content (AvgIpc) is 2.29. The maximum Gasteiger partial charge on any atom is 0.412 e. The smallest absolute Gasteiger partial charge is 0.412 e. The largest absolute Gasteiger partial charge is 0.444 e. The van der Waals surface area contributed by atoms with Gasteiger partial charge in [-0.05, 0) is 39.0 Å². The third-order valence-electron chi connectivity index (χ3n) is 2.27. The molecule has 3 N–H and O–H groups in total. The zero-order valence-electron chi connectivity index (χ0n) is 11.5. The molecular weight excluding hydrogens is 290 g/mol.